The molecule has 1 aliphatic carbocycles. The van der Waals surface area contributed by atoms with Gasteiger partial charge >= 0.3 is 5.97 Å². The van der Waals surface area contributed by atoms with Crippen LogP contribution in [0.2, 0.25) is 0 Å². The van der Waals surface area contributed by atoms with Crippen LogP contribution in [0.4, 0.5) is 8.78 Å². The van der Waals surface area contributed by atoms with Gasteiger partial charge in [0.1, 0.15) is 11.9 Å². The molecule has 0 spiro atoms. The Balaban J connectivity index is 1.67. The molecule has 0 radical (unpaired) electrons. The van der Waals surface area contributed by atoms with Crippen molar-refractivity contribution in [2.45, 2.75) is 43.3 Å². The molecular weight excluding hydrogens is 448 g/mol. The van der Waals surface area contributed by atoms with Gasteiger partial charge in [-0.05, 0) is 36.6 Å². The molecule has 7 nitrogen and oxygen atoms in total. The average Bonchev–Trinajstić information content (AvgIpc) is 2.80. The first kappa shape index (κ1) is 22.5. The number of aliphatic hydroxyl groups is 1. The van der Waals surface area contributed by atoms with Crippen LogP contribution in [0.5, 0.6) is 11.6 Å². The number of carboxylic acids is 1. The molecule has 34 heavy (non-hydrogen) atoms. The predicted octanol–water partition coefficient (Wildman–Crippen LogP) is 4.14. The van der Waals surface area contributed by atoms with Crippen molar-refractivity contribution in [1.82, 2.24) is 4.98 Å². The van der Waals surface area contributed by atoms with E-state index >= 15 is 0 Å². The molecule has 0 amide bonds. The van der Waals surface area contributed by atoms with Gasteiger partial charge in [0.25, 0.3) is 0 Å². The summed E-state index contributed by atoms with van der Waals surface area (Å²) in [5.41, 5.74) is -0.258. The third kappa shape index (κ3) is 3.84. The number of aromatic nitrogens is 1. The summed E-state index contributed by atoms with van der Waals surface area (Å²) in [6.07, 6.45) is 0.492. The number of phenolic OH excluding ortho intramolecular Hbond substituents is 1. The largest absolute Gasteiger partial charge is 0.507 e. The molecule has 1 saturated heterocycles. The number of aromatic hydroxyl groups is 1. The van der Waals surface area contributed by atoms with E-state index in [-0.39, 0.29) is 35.8 Å². The van der Waals surface area contributed by atoms with Crippen LogP contribution >= 0.6 is 0 Å². The van der Waals surface area contributed by atoms with Crippen molar-refractivity contribution < 1.29 is 38.4 Å². The van der Waals surface area contributed by atoms with Crippen molar-refractivity contribution in [2.24, 2.45) is 0 Å². The Labute approximate surface area is 193 Å². The van der Waals surface area contributed by atoms with Crippen LogP contribution in [0.1, 0.15) is 37.3 Å². The van der Waals surface area contributed by atoms with Crippen molar-refractivity contribution in [1.29, 1.82) is 0 Å². The minimum atomic E-state index is -1.85. The number of benzene rings is 2. The fourth-order valence-corrected chi connectivity index (χ4v) is 4.75. The molecule has 2 aromatic carbocycles. The minimum Gasteiger partial charge on any atom is -0.507 e. The molecule has 2 heterocycles. The van der Waals surface area contributed by atoms with Gasteiger partial charge < -0.3 is 24.8 Å². The Bertz CT molecular complexity index is 1270. The molecule has 0 bridgehead atoms. The molecule has 5 rings (SSSR count). The molecule has 178 valence electrons. The summed E-state index contributed by atoms with van der Waals surface area (Å²) < 4.78 is 39.4. The van der Waals surface area contributed by atoms with Gasteiger partial charge in [0.05, 0.1) is 11.1 Å². The van der Waals surface area contributed by atoms with Crippen molar-refractivity contribution in [3.63, 3.8) is 0 Å². The Morgan fingerprint density at radius 1 is 1.12 bits per heavy atom. The highest BCUT2D eigenvalue weighted by atomic mass is 19.2. The topological polar surface area (TPSA) is 109 Å². The van der Waals surface area contributed by atoms with Crippen molar-refractivity contribution in [2.75, 3.05) is 13.2 Å². The predicted molar refractivity (Wildman–Crippen MR) is 118 cm³/mol. The third-order valence-electron chi connectivity index (χ3n) is 6.63. The number of aliphatic carboxylic acids is 1. The number of nitrogens with zero attached hydrogens (tertiary/aromatic N) is 1. The summed E-state index contributed by atoms with van der Waals surface area (Å²) in [4.78, 5) is 16.0. The van der Waals surface area contributed by atoms with Crippen LogP contribution in [-0.2, 0) is 9.53 Å². The van der Waals surface area contributed by atoms with E-state index in [1.807, 2.05) is 0 Å². The summed E-state index contributed by atoms with van der Waals surface area (Å²) >= 11 is 0. The van der Waals surface area contributed by atoms with Gasteiger partial charge in [0, 0.05) is 42.9 Å². The lowest BCUT2D eigenvalue weighted by atomic mass is 9.77. The number of hydrogen-bond donors (Lipinski definition) is 3. The van der Waals surface area contributed by atoms with Gasteiger partial charge in [-0.25, -0.2) is 18.6 Å². The van der Waals surface area contributed by atoms with E-state index in [1.54, 1.807) is 12.1 Å². The second-order valence-corrected chi connectivity index (χ2v) is 8.88. The molecule has 0 atom stereocenters. The summed E-state index contributed by atoms with van der Waals surface area (Å²) in [6, 6.07) is 8.49. The molecule has 2 aliphatic rings. The number of ether oxygens (including phenoxy) is 2. The number of fused-ring (bicyclic) bond motifs is 1. The molecule has 1 aromatic heterocycles. The second kappa shape index (κ2) is 8.48. The maximum absolute atomic E-state index is 14.2. The number of pyridine rings is 1. The molecular formula is C25H23F2NO6. The van der Waals surface area contributed by atoms with Gasteiger partial charge in [0.15, 0.2) is 17.2 Å². The van der Waals surface area contributed by atoms with E-state index in [4.69, 9.17) is 14.5 Å². The number of rotatable bonds is 5. The Hall–Kier alpha value is -3.30. The van der Waals surface area contributed by atoms with E-state index in [1.165, 1.54) is 12.1 Å². The first-order valence-electron chi connectivity index (χ1n) is 11.1. The van der Waals surface area contributed by atoms with E-state index < -0.39 is 29.3 Å². The highest BCUT2D eigenvalue weighted by molar-refractivity contribution is 6.03. The number of phenols is 1. The van der Waals surface area contributed by atoms with Crippen LogP contribution in [0.25, 0.3) is 21.9 Å². The fraction of sp³-hybridized carbons (Fsp3) is 0.360. The zero-order valence-electron chi connectivity index (χ0n) is 18.1. The summed E-state index contributed by atoms with van der Waals surface area (Å²) in [7, 11) is 0. The Kier molecular flexibility index (Phi) is 5.61. The first-order valence-corrected chi connectivity index (χ1v) is 11.1. The SMILES string of the molecule is O=C(O)[C@]1(O)C[C@@H](Oc2nc(C3CCOCC3)c(-c3ccc(F)c(F)c3)c3cccc(O)c23)C1. The molecule has 1 saturated carbocycles. The van der Waals surface area contributed by atoms with E-state index in [9.17, 15) is 28.9 Å². The van der Waals surface area contributed by atoms with Gasteiger partial charge in [-0.2, -0.15) is 0 Å². The number of carbonyl (C=O) groups is 1. The van der Waals surface area contributed by atoms with Crippen LogP contribution in [-0.4, -0.2) is 51.2 Å². The number of carboxylic acid groups (broad SMARTS) is 1. The van der Waals surface area contributed by atoms with Crippen molar-refractivity contribution in [3.05, 3.63) is 53.7 Å². The van der Waals surface area contributed by atoms with Gasteiger partial charge in [0.2, 0.25) is 5.88 Å². The standard InChI is InChI=1S/C25H23F2NO6/c26-17-5-4-14(10-18(17)27)20-16-2-1-3-19(29)21(16)23(28-22(20)13-6-8-33-9-7-13)34-15-11-25(32,12-15)24(30)31/h1-5,10,13,15,29,32H,6-9,11-12H2,(H,30,31)/t15-,25+. The molecule has 9 heteroatoms. The Morgan fingerprint density at radius 3 is 2.53 bits per heavy atom. The molecule has 2 fully saturated rings. The van der Waals surface area contributed by atoms with E-state index in [0.29, 0.717) is 48.3 Å². The maximum Gasteiger partial charge on any atom is 0.335 e. The molecule has 3 aromatic rings. The molecule has 3 N–H and O–H groups in total. The van der Waals surface area contributed by atoms with E-state index in [2.05, 4.69) is 0 Å². The van der Waals surface area contributed by atoms with Crippen LogP contribution in [0.3, 0.4) is 0 Å². The highest BCUT2D eigenvalue weighted by Gasteiger charge is 2.51. The third-order valence-corrected chi connectivity index (χ3v) is 6.63. The second-order valence-electron chi connectivity index (χ2n) is 8.88. The fourth-order valence-electron chi connectivity index (χ4n) is 4.75. The van der Waals surface area contributed by atoms with Gasteiger partial charge in [-0.3, -0.25) is 0 Å². The van der Waals surface area contributed by atoms with Crippen molar-refractivity contribution >= 4 is 16.7 Å². The lowest BCUT2D eigenvalue weighted by Gasteiger charge is -2.39. The van der Waals surface area contributed by atoms with Gasteiger partial charge in [-0.1, -0.05) is 18.2 Å². The summed E-state index contributed by atoms with van der Waals surface area (Å²) in [6.45, 7) is 1.04. The molecule has 1 aliphatic heterocycles. The number of hydrogen-bond acceptors (Lipinski definition) is 6. The maximum atomic E-state index is 14.2. The Morgan fingerprint density at radius 2 is 1.85 bits per heavy atom. The minimum absolute atomic E-state index is 0.0525. The monoisotopic (exact) mass is 471 g/mol. The van der Waals surface area contributed by atoms with Crippen LogP contribution < -0.4 is 4.74 Å². The van der Waals surface area contributed by atoms with Crippen molar-refractivity contribution in [3.8, 4) is 22.8 Å². The van der Waals surface area contributed by atoms with E-state index in [0.717, 1.165) is 12.1 Å². The molecule has 0 unspecified atom stereocenters. The van der Waals surface area contributed by atoms with Gasteiger partial charge in [-0.15, -0.1) is 0 Å². The van der Waals surface area contributed by atoms with Crippen LogP contribution in [0, 0.1) is 11.6 Å². The number of halogens is 2. The summed E-state index contributed by atoms with van der Waals surface area (Å²) in [5, 5.41) is 30.8. The lowest BCUT2D eigenvalue weighted by molar-refractivity contribution is -0.179. The quantitative estimate of drug-likeness (QED) is 0.513. The smallest absolute Gasteiger partial charge is 0.335 e. The zero-order valence-corrected chi connectivity index (χ0v) is 18.1. The lowest BCUT2D eigenvalue weighted by Crippen LogP contribution is -2.55. The highest BCUT2D eigenvalue weighted by Crippen LogP contribution is 2.45. The van der Waals surface area contributed by atoms with Crippen LogP contribution in [0.15, 0.2) is 36.4 Å². The summed E-state index contributed by atoms with van der Waals surface area (Å²) in [5.74, 6) is -3.33. The zero-order chi connectivity index (χ0) is 24.0. The normalized spacial score (nSPS) is 23.0. The average molecular weight is 471 g/mol. The first-order chi connectivity index (χ1) is 16.3.